The van der Waals surface area contributed by atoms with E-state index in [0.717, 1.165) is 36.0 Å². The van der Waals surface area contributed by atoms with E-state index >= 15 is 0 Å². The second-order valence-corrected chi connectivity index (χ2v) is 6.59. The van der Waals surface area contributed by atoms with Gasteiger partial charge in [0.2, 0.25) is 0 Å². The molecule has 1 aromatic heterocycles. The second kappa shape index (κ2) is 6.26. The molecule has 1 N–H and O–H groups in total. The fraction of sp³-hybridized carbons (Fsp3) is 0.353. The van der Waals surface area contributed by atoms with Gasteiger partial charge in [-0.25, -0.2) is 0 Å². The largest absolute Gasteiger partial charge is 0.384 e. The zero-order chi connectivity index (χ0) is 14.7. The third-order valence-electron chi connectivity index (χ3n) is 4.15. The molecule has 3 rings (SSSR count). The third kappa shape index (κ3) is 3.51. The number of pyridine rings is 1. The van der Waals surface area contributed by atoms with Crippen LogP contribution in [-0.4, -0.2) is 34.6 Å². The lowest BCUT2D eigenvalue weighted by atomic mass is 9.93. The van der Waals surface area contributed by atoms with E-state index in [-0.39, 0.29) is 0 Å². The molecule has 1 aliphatic heterocycles. The first-order chi connectivity index (χ1) is 10.2. The predicted molar refractivity (Wildman–Crippen MR) is 87.0 cm³/mol. The SMILES string of the molecule is OC1(c2cccc(Br)c2)CCN(CCc2ccncc2)C1. The van der Waals surface area contributed by atoms with Crippen molar-refractivity contribution in [3.8, 4) is 0 Å². The lowest BCUT2D eigenvalue weighted by molar-refractivity contribution is 0.0462. The first-order valence-electron chi connectivity index (χ1n) is 7.25. The van der Waals surface area contributed by atoms with Crippen molar-refractivity contribution in [2.75, 3.05) is 19.6 Å². The molecule has 0 saturated carbocycles. The van der Waals surface area contributed by atoms with Gasteiger partial charge in [0, 0.05) is 36.5 Å². The van der Waals surface area contributed by atoms with Crippen LogP contribution in [0, 0.1) is 0 Å². The Morgan fingerprint density at radius 1 is 1.24 bits per heavy atom. The molecular weight excluding hydrogens is 328 g/mol. The van der Waals surface area contributed by atoms with E-state index in [1.54, 1.807) is 0 Å². The van der Waals surface area contributed by atoms with Crippen molar-refractivity contribution in [3.63, 3.8) is 0 Å². The highest BCUT2D eigenvalue weighted by atomic mass is 79.9. The standard InChI is InChI=1S/C17H19BrN2O/c18-16-3-1-2-15(12-16)17(21)7-11-20(13-17)10-6-14-4-8-19-9-5-14/h1-5,8-9,12,21H,6-7,10-11,13H2. The van der Waals surface area contributed by atoms with Crippen LogP contribution in [0.5, 0.6) is 0 Å². The van der Waals surface area contributed by atoms with Crippen LogP contribution < -0.4 is 0 Å². The number of aliphatic hydroxyl groups is 1. The normalized spacial score (nSPS) is 22.6. The van der Waals surface area contributed by atoms with E-state index in [2.05, 4.69) is 37.9 Å². The van der Waals surface area contributed by atoms with Crippen LogP contribution in [0.15, 0.2) is 53.3 Å². The van der Waals surface area contributed by atoms with Crippen LogP contribution in [0.4, 0.5) is 0 Å². The van der Waals surface area contributed by atoms with Crippen molar-refractivity contribution in [1.82, 2.24) is 9.88 Å². The van der Waals surface area contributed by atoms with Crippen LogP contribution >= 0.6 is 15.9 Å². The molecule has 1 fully saturated rings. The van der Waals surface area contributed by atoms with Gasteiger partial charge in [-0.05, 0) is 48.2 Å². The molecule has 2 aromatic rings. The first-order valence-corrected chi connectivity index (χ1v) is 8.05. The van der Waals surface area contributed by atoms with Crippen molar-refractivity contribution >= 4 is 15.9 Å². The zero-order valence-corrected chi connectivity index (χ0v) is 13.5. The van der Waals surface area contributed by atoms with E-state index in [9.17, 15) is 5.11 Å². The number of hydrogen-bond acceptors (Lipinski definition) is 3. The highest BCUT2D eigenvalue weighted by Gasteiger charge is 2.37. The van der Waals surface area contributed by atoms with Gasteiger partial charge < -0.3 is 5.11 Å². The molecule has 1 saturated heterocycles. The number of halogens is 1. The van der Waals surface area contributed by atoms with E-state index in [4.69, 9.17) is 0 Å². The van der Waals surface area contributed by atoms with Crippen LogP contribution in [0.1, 0.15) is 17.5 Å². The maximum absolute atomic E-state index is 10.9. The highest BCUT2D eigenvalue weighted by molar-refractivity contribution is 9.10. The van der Waals surface area contributed by atoms with Gasteiger partial charge in [0.25, 0.3) is 0 Å². The summed E-state index contributed by atoms with van der Waals surface area (Å²) in [5.41, 5.74) is 1.58. The summed E-state index contributed by atoms with van der Waals surface area (Å²) in [5.74, 6) is 0. The molecule has 21 heavy (non-hydrogen) atoms. The Morgan fingerprint density at radius 2 is 2.05 bits per heavy atom. The molecule has 2 heterocycles. The number of nitrogens with zero attached hydrogens (tertiary/aromatic N) is 2. The fourth-order valence-corrected chi connectivity index (χ4v) is 3.31. The molecule has 0 spiro atoms. The monoisotopic (exact) mass is 346 g/mol. The van der Waals surface area contributed by atoms with E-state index < -0.39 is 5.60 Å². The maximum Gasteiger partial charge on any atom is 0.103 e. The average molecular weight is 347 g/mol. The molecule has 4 heteroatoms. The third-order valence-corrected chi connectivity index (χ3v) is 4.65. The van der Waals surface area contributed by atoms with Crippen molar-refractivity contribution in [3.05, 3.63) is 64.4 Å². The molecule has 1 atom stereocenters. The molecule has 0 bridgehead atoms. The lowest BCUT2D eigenvalue weighted by Crippen LogP contribution is -2.31. The van der Waals surface area contributed by atoms with Gasteiger partial charge in [0.1, 0.15) is 5.60 Å². The van der Waals surface area contributed by atoms with Crippen LogP contribution in [-0.2, 0) is 12.0 Å². The molecule has 1 unspecified atom stereocenters. The number of aromatic nitrogens is 1. The second-order valence-electron chi connectivity index (χ2n) is 5.67. The number of hydrogen-bond donors (Lipinski definition) is 1. The van der Waals surface area contributed by atoms with Crippen LogP contribution in [0.3, 0.4) is 0 Å². The molecule has 0 aliphatic carbocycles. The minimum absolute atomic E-state index is 0.703. The Morgan fingerprint density at radius 3 is 2.81 bits per heavy atom. The Hall–Kier alpha value is -1.23. The van der Waals surface area contributed by atoms with Crippen LogP contribution in [0.25, 0.3) is 0 Å². The topological polar surface area (TPSA) is 36.4 Å². The van der Waals surface area contributed by atoms with Crippen LogP contribution in [0.2, 0.25) is 0 Å². The minimum Gasteiger partial charge on any atom is -0.384 e. The maximum atomic E-state index is 10.9. The van der Waals surface area contributed by atoms with Gasteiger partial charge in [0.15, 0.2) is 0 Å². The Labute approximate surface area is 133 Å². The summed E-state index contributed by atoms with van der Waals surface area (Å²) in [6, 6.07) is 12.1. The number of rotatable bonds is 4. The summed E-state index contributed by atoms with van der Waals surface area (Å²) in [7, 11) is 0. The summed E-state index contributed by atoms with van der Waals surface area (Å²) in [5, 5.41) is 10.9. The Bertz CT molecular complexity index is 605. The average Bonchev–Trinajstić information content (AvgIpc) is 2.89. The van der Waals surface area contributed by atoms with Crippen molar-refractivity contribution in [2.24, 2.45) is 0 Å². The van der Waals surface area contributed by atoms with E-state index in [1.807, 2.05) is 36.7 Å². The van der Waals surface area contributed by atoms with E-state index in [1.165, 1.54) is 5.56 Å². The Balaban J connectivity index is 1.62. The highest BCUT2D eigenvalue weighted by Crippen LogP contribution is 2.33. The summed E-state index contributed by atoms with van der Waals surface area (Å²) >= 11 is 3.48. The molecule has 110 valence electrons. The van der Waals surface area contributed by atoms with E-state index in [0.29, 0.717) is 6.54 Å². The molecule has 1 aliphatic rings. The Kier molecular flexibility index (Phi) is 4.38. The molecule has 1 aromatic carbocycles. The van der Waals surface area contributed by atoms with Crippen molar-refractivity contribution in [1.29, 1.82) is 0 Å². The molecule has 0 amide bonds. The lowest BCUT2D eigenvalue weighted by Gasteiger charge is -2.24. The molecular formula is C17H19BrN2O. The summed E-state index contributed by atoms with van der Waals surface area (Å²) in [4.78, 5) is 6.37. The number of likely N-dealkylation sites (tertiary alicyclic amines) is 1. The number of β-amino-alcohol motifs (C(OH)–C–C–N with tert-alkyl or cyclic N) is 1. The molecule has 3 nitrogen and oxygen atoms in total. The van der Waals surface area contributed by atoms with Gasteiger partial charge in [-0.15, -0.1) is 0 Å². The number of benzene rings is 1. The van der Waals surface area contributed by atoms with Gasteiger partial charge in [0.05, 0.1) is 0 Å². The van der Waals surface area contributed by atoms with Gasteiger partial charge >= 0.3 is 0 Å². The van der Waals surface area contributed by atoms with Crippen molar-refractivity contribution in [2.45, 2.75) is 18.4 Å². The summed E-state index contributed by atoms with van der Waals surface area (Å²) in [6.45, 7) is 2.61. The predicted octanol–water partition coefficient (Wildman–Crippen LogP) is 2.98. The summed E-state index contributed by atoms with van der Waals surface area (Å²) in [6.07, 6.45) is 5.45. The fourth-order valence-electron chi connectivity index (χ4n) is 2.91. The summed E-state index contributed by atoms with van der Waals surface area (Å²) < 4.78 is 1.02. The smallest absolute Gasteiger partial charge is 0.103 e. The quantitative estimate of drug-likeness (QED) is 0.924. The first kappa shape index (κ1) is 14.7. The molecule has 0 radical (unpaired) electrons. The zero-order valence-electron chi connectivity index (χ0n) is 11.9. The minimum atomic E-state index is -0.720. The van der Waals surface area contributed by atoms with Crippen molar-refractivity contribution < 1.29 is 5.11 Å². The van der Waals surface area contributed by atoms with Gasteiger partial charge in [-0.1, -0.05) is 28.1 Å². The van der Waals surface area contributed by atoms with Gasteiger partial charge in [-0.2, -0.15) is 0 Å². The van der Waals surface area contributed by atoms with Gasteiger partial charge in [-0.3, -0.25) is 9.88 Å².